The number of carbonyl (C=O) groups is 3. The Morgan fingerprint density at radius 2 is 1.79 bits per heavy atom. The highest BCUT2D eigenvalue weighted by Crippen LogP contribution is 2.26. The molecule has 0 aliphatic heterocycles. The number of imide groups is 1. The number of carboxylic acids is 1. The van der Waals surface area contributed by atoms with Crippen molar-refractivity contribution in [3.8, 4) is 0 Å². The lowest BCUT2D eigenvalue weighted by molar-refractivity contribution is -0.138. The molecule has 0 radical (unpaired) electrons. The molecule has 0 aromatic heterocycles. The maximum atomic E-state index is 11.7. The maximum Gasteiger partial charge on any atom is 0.321 e. The van der Waals surface area contributed by atoms with Crippen LogP contribution in [0.3, 0.4) is 0 Å². The molecule has 0 spiro atoms. The SMILES string of the molecule is CC(C)(C)NC(=O)NC(=O)CN(CC(=O)O)C1CC1. The molecular weight excluding hydrogens is 250 g/mol. The fourth-order valence-corrected chi connectivity index (χ4v) is 1.65. The van der Waals surface area contributed by atoms with Gasteiger partial charge in [0.05, 0.1) is 13.1 Å². The third kappa shape index (κ3) is 6.76. The first-order valence-electron chi connectivity index (χ1n) is 6.25. The van der Waals surface area contributed by atoms with Gasteiger partial charge in [-0.15, -0.1) is 0 Å². The minimum Gasteiger partial charge on any atom is -0.480 e. The van der Waals surface area contributed by atoms with Crippen molar-refractivity contribution in [1.29, 1.82) is 0 Å². The smallest absolute Gasteiger partial charge is 0.321 e. The van der Waals surface area contributed by atoms with E-state index in [1.54, 1.807) is 25.7 Å². The maximum absolute atomic E-state index is 11.7. The molecule has 108 valence electrons. The van der Waals surface area contributed by atoms with Gasteiger partial charge in [-0.25, -0.2) is 4.79 Å². The van der Waals surface area contributed by atoms with Crippen LogP contribution in [-0.2, 0) is 9.59 Å². The Labute approximate surface area is 112 Å². The lowest BCUT2D eigenvalue weighted by Crippen LogP contribution is -2.50. The number of amides is 3. The average molecular weight is 271 g/mol. The van der Waals surface area contributed by atoms with E-state index < -0.39 is 23.4 Å². The molecule has 0 bridgehead atoms. The first-order chi connectivity index (χ1) is 8.67. The molecule has 7 nitrogen and oxygen atoms in total. The summed E-state index contributed by atoms with van der Waals surface area (Å²) in [6, 6.07) is -0.420. The van der Waals surface area contributed by atoms with Crippen LogP contribution in [0.15, 0.2) is 0 Å². The van der Waals surface area contributed by atoms with Crippen molar-refractivity contribution in [2.45, 2.75) is 45.2 Å². The molecule has 19 heavy (non-hydrogen) atoms. The number of carboxylic acid groups (broad SMARTS) is 1. The molecule has 1 aliphatic carbocycles. The molecule has 3 N–H and O–H groups in total. The van der Waals surface area contributed by atoms with Crippen molar-refractivity contribution in [3.63, 3.8) is 0 Å². The van der Waals surface area contributed by atoms with Gasteiger partial charge in [-0.2, -0.15) is 0 Å². The van der Waals surface area contributed by atoms with Crippen LogP contribution in [0.1, 0.15) is 33.6 Å². The first kappa shape index (κ1) is 15.4. The van der Waals surface area contributed by atoms with Gasteiger partial charge in [0.15, 0.2) is 0 Å². The van der Waals surface area contributed by atoms with E-state index in [1.807, 2.05) is 0 Å². The normalized spacial score (nSPS) is 15.2. The topological polar surface area (TPSA) is 98.7 Å². The molecule has 1 saturated carbocycles. The summed E-state index contributed by atoms with van der Waals surface area (Å²) in [5, 5.41) is 13.6. The monoisotopic (exact) mass is 271 g/mol. The van der Waals surface area contributed by atoms with Crippen molar-refractivity contribution >= 4 is 17.9 Å². The standard InChI is InChI=1S/C12H21N3O4/c1-12(2,3)14-11(19)13-9(16)6-15(7-10(17)18)8-4-5-8/h8H,4-7H2,1-3H3,(H,17,18)(H2,13,14,16,19). The van der Waals surface area contributed by atoms with Gasteiger partial charge in [-0.1, -0.05) is 0 Å². The van der Waals surface area contributed by atoms with Crippen molar-refractivity contribution < 1.29 is 19.5 Å². The van der Waals surface area contributed by atoms with E-state index in [9.17, 15) is 14.4 Å². The van der Waals surface area contributed by atoms with Gasteiger partial charge in [0.2, 0.25) is 5.91 Å². The number of urea groups is 1. The van der Waals surface area contributed by atoms with Crippen molar-refractivity contribution in [3.05, 3.63) is 0 Å². The van der Waals surface area contributed by atoms with E-state index in [0.717, 1.165) is 12.8 Å². The molecule has 3 amide bonds. The predicted octanol–water partition coefficient (Wildman–Crippen LogP) is 0.160. The number of nitrogens with one attached hydrogen (secondary N) is 2. The fourth-order valence-electron chi connectivity index (χ4n) is 1.65. The quantitative estimate of drug-likeness (QED) is 0.661. The predicted molar refractivity (Wildman–Crippen MR) is 68.7 cm³/mol. The molecule has 1 aliphatic rings. The van der Waals surface area contributed by atoms with Crippen LogP contribution < -0.4 is 10.6 Å². The van der Waals surface area contributed by atoms with Crippen LogP contribution in [-0.4, -0.2) is 52.6 Å². The second-order valence-electron chi connectivity index (χ2n) is 5.78. The summed E-state index contributed by atoms with van der Waals surface area (Å²) in [6.45, 7) is 5.15. The minimum atomic E-state index is -0.973. The van der Waals surface area contributed by atoms with E-state index in [0.29, 0.717) is 0 Å². The van der Waals surface area contributed by atoms with Crippen molar-refractivity contribution in [2.24, 2.45) is 0 Å². The molecule has 0 aromatic rings. The average Bonchev–Trinajstić information content (AvgIpc) is 2.94. The Bertz CT molecular complexity index is 372. The van der Waals surface area contributed by atoms with Gasteiger partial charge < -0.3 is 10.4 Å². The number of carbonyl (C=O) groups excluding carboxylic acids is 2. The summed E-state index contributed by atoms with van der Waals surface area (Å²) in [6.07, 6.45) is 1.80. The van der Waals surface area contributed by atoms with E-state index in [2.05, 4.69) is 10.6 Å². The molecule has 0 heterocycles. The van der Waals surface area contributed by atoms with Crippen LogP contribution in [0, 0.1) is 0 Å². The van der Waals surface area contributed by atoms with E-state index in [4.69, 9.17) is 5.11 Å². The number of aliphatic carboxylic acids is 1. The zero-order valence-electron chi connectivity index (χ0n) is 11.5. The Kier molecular flexibility index (Phi) is 4.88. The van der Waals surface area contributed by atoms with Crippen LogP contribution in [0.25, 0.3) is 0 Å². The summed E-state index contributed by atoms with van der Waals surface area (Å²) >= 11 is 0. The van der Waals surface area contributed by atoms with Crippen molar-refractivity contribution in [1.82, 2.24) is 15.5 Å². The minimum absolute atomic E-state index is 0.0749. The molecule has 0 saturated heterocycles. The Balaban J connectivity index is 2.40. The van der Waals surface area contributed by atoms with E-state index >= 15 is 0 Å². The third-order valence-electron chi connectivity index (χ3n) is 2.49. The molecule has 7 heteroatoms. The second kappa shape index (κ2) is 6.01. The highest BCUT2D eigenvalue weighted by molar-refractivity contribution is 5.95. The van der Waals surface area contributed by atoms with Crippen LogP contribution >= 0.6 is 0 Å². The first-order valence-corrected chi connectivity index (χ1v) is 6.25. The highest BCUT2D eigenvalue weighted by atomic mass is 16.4. The Morgan fingerprint density at radius 3 is 2.21 bits per heavy atom. The zero-order valence-corrected chi connectivity index (χ0v) is 11.5. The van der Waals surface area contributed by atoms with Crippen LogP contribution in [0.5, 0.6) is 0 Å². The summed E-state index contributed by atoms with van der Waals surface area (Å²) in [5.41, 5.74) is -0.429. The van der Waals surface area contributed by atoms with Crippen LogP contribution in [0.4, 0.5) is 4.79 Å². The molecule has 1 fully saturated rings. The van der Waals surface area contributed by atoms with E-state index in [1.165, 1.54) is 0 Å². The largest absolute Gasteiger partial charge is 0.480 e. The molecule has 1 rings (SSSR count). The van der Waals surface area contributed by atoms with Gasteiger partial charge in [0.1, 0.15) is 0 Å². The Morgan fingerprint density at radius 1 is 1.21 bits per heavy atom. The summed E-state index contributed by atoms with van der Waals surface area (Å²) in [7, 11) is 0. The second-order valence-corrected chi connectivity index (χ2v) is 5.78. The zero-order chi connectivity index (χ0) is 14.6. The highest BCUT2D eigenvalue weighted by Gasteiger charge is 2.31. The van der Waals surface area contributed by atoms with Gasteiger partial charge in [0, 0.05) is 11.6 Å². The number of nitrogens with zero attached hydrogens (tertiary/aromatic N) is 1. The Hall–Kier alpha value is -1.63. The van der Waals surface area contributed by atoms with Gasteiger partial charge in [-0.3, -0.25) is 19.8 Å². The molecule has 0 aromatic carbocycles. The summed E-state index contributed by atoms with van der Waals surface area (Å²) < 4.78 is 0. The van der Waals surface area contributed by atoms with Gasteiger partial charge in [0.25, 0.3) is 0 Å². The fraction of sp³-hybridized carbons (Fsp3) is 0.750. The van der Waals surface area contributed by atoms with Gasteiger partial charge >= 0.3 is 12.0 Å². The molecular formula is C12H21N3O4. The molecule has 0 unspecified atom stereocenters. The van der Waals surface area contributed by atoms with Crippen LogP contribution in [0.2, 0.25) is 0 Å². The summed E-state index contributed by atoms with van der Waals surface area (Å²) in [4.78, 5) is 35.4. The lowest BCUT2D eigenvalue weighted by Gasteiger charge is -2.22. The number of hydrogen-bond acceptors (Lipinski definition) is 4. The van der Waals surface area contributed by atoms with Crippen molar-refractivity contribution in [2.75, 3.05) is 13.1 Å². The van der Waals surface area contributed by atoms with E-state index in [-0.39, 0.29) is 19.1 Å². The third-order valence-corrected chi connectivity index (χ3v) is 2.49. The number of rotatable bonds is 5. The van der Waals surface area contributed by atoms with Gasteiger partial charge in [-0.05, 0) is 33.6 Å². The number of hydrogen-bond donors (Lipinski definition) is 3. The molecule has 0 atom stereocenters. The lowest BCUT2D eigenvalue weighted by atomic mass is 10.1. The summed E-state index contributed by atoms with van der Waals surface area (Å²) in [5.74, 6) is -1.46.